The molecule has 0 fully saturated rings. The van der Waals surface area contributed by atoms with E-state index in [0.29, 0.717) is 6.61 Å². The molecule has 2 N–H and O–H groups in total. The van der Waals surface area contributed by atoms with E-state index in [1.807, 2.05) is 32.2 Å². The molecule has 2 aromatic rings. The molecule has 1 aromatic carbocycles. The zero-order valence-electron chi connectivity index (χ0n) is 11.8. The maximum absolute atomic E-state index is 5.54. The van der Waals surface area contributed by atoms with Gasteiger partial charge in [0.05, 0.1) is 18.0 Å². The third-order valence-electron chi connectivity index (χ3n) is 2.90. The first-order valence-corrected chi connectivity index (χ1v) is 7.32. The van der Waals surface area contributed by atoms with Gasteiger partial charge in [-0.1, -0.05) is 18.2 Å². The van der Waals surface area contributed by atoms with Crippen LogP contribution in [0.3, 0.4) is 0 Å². The standard InChI is InChI=1S/C15H21N3OS/c1-11(2)19-10-9-16-13-6-4-3-5-12(13)14(20)15-17-7-8-18-15/h3-8,11,14,16,20H,9-10H2,1-2H3,(H,17,18). The fourth-order valence-corrected chi connectivity index (χ4v) is 2.32. The van der Waals surface area contributed by atoms with Crippen molar-refractivity contribution in [2.75, 3.05) is 18.5 Å². The zero-order valence-corrected chi connectivity index (χ0v) is 12.7. The molecule has 0 saturated carbocycles. The molecule has 0 aliphatic carbocycles. The van der Waals surface area contributed by atoms with Crippen LogP contribution in [0.4, 0.5) is 5.69 Å². The molecule has 0 radical (unpaired) electrons. The summed E-state index contributed by atoms with van der Waals surface area (Å²) in [6.07, 6.45) is 3.81. The molecule has 1 atom stereocenters. The van der Waals surface area contributed by atoms with Crippen molar-refractivity contribution in [1.29, 1.82) is 0 Å². The second-order valence-corrected chi connectivity index (χ2v) is 5.33. The summed E-state index contributed by atoms with van der Waals surface area (Å²) in [5, 5.41) is 3.33. The Morgan fingerprint density at radius 3 is 2.85 bits per heavy atom. The van der Waals surface area contributed by atoms with Crippen LogP contribution in [-0.2, 0) is 4.74 Å². The molecule has 0 saturated heterocycles. The molecule has 0 bridgehead atoms. The summed E-state index contributed by atoms with van der Waals surface area (Å²) in [5.74, 6) is 0.848. The average molecular weight is 291 g/mol. The van der Waals surface area contributed by atoms with E-state index in [1.165, 1.54) is 0 Å². The van der Waals surface area contributed by atoms with Crippen molar-refractivity contribution in [3.8, 4) is 0 Å². The Kier molecular flexibility index (Phi) is 5.49. The van der Waals surface area contributed by atoms with Gasteiger partial charge in [0.25, 0.3) is 0 Å². The lowest BCUT2D eigenvalue weighted by Gasteiger charge is -2.16. The van der Waals surface area contributed by atoms with Gasteiger partial charge in [0.2, 0.25) is 0 Å². The van der Waals surface area contributed by atoms with Crippen LogP contribution < -0.4 is 5.32 Å². The Labute approximate surface area is 125 Å². The Balaban J connectivity index is 2.02. The normalized spacial score (nSPS) is 12.6. The highest BCUT2D eigenvalue weighted by atomic mass is 32.1. The number of anilines is 1. The number of nitrogens with zero attached hydrogens (tertiary/aromatic N) is 1. The minimum absolute atomic E-state index is 0.0697. The van der Waals surface area contributed by atoms with E-state index in [9.17, 15) is 0 Å². The summed E-state index contributed by atoms with van der Waals surface area (Å²) in [6.45, 7) is 5.53. The summed E-state index contributed by atoms with van der Waals surface area (Å²) >= 11 is 4.66. The topological polar surface area (TPSA) is 49.9 Å². The van der Waals surface area contributed by atoms with Crippen LogP contribution in [0.25, 0.3) is 0 Å². The molecular weight excluding hydrogens is 270 g/mol. The predicted octanol–water partition coefficient (Wildman–Crippen LogP) is 3.27. The highest BCUT2D eigenvalue weighted by molar-refractivity contribution is 7.80. The van der Waals surface area contributed by atoms with E-state index in [2.05, 4.69) is 40.0 Å². The minimum atomic E-state index is -0.0697. The van der Waals surface area contributed by atoms with E-state index >= 15 is 0 Å². The maximum atomic E-state index is 5.54. The maximum Gasteiger partial charge on any atom is 0.123 e. The molecule has 1 aromatic heterocycles. The largest absolute Gasteiger partial charge is 0.382 e. The van der Waals surface area contributed by atoms with Crippen LogP contribution in [0.5, 0.6) is 0 Å². The quantitative estimate of drug-likeness (QED) is 0.542. The van der Waals surface area contributed by atoms with Crippen molar-refractivity contribution in [1.82, 2.24) is 9.97 Å². The molecule has 2 rings (SSSR count). The number of hydrogen-bond donors (Lipinski definition) is 3. The summed E-state index contributed by atoms with van der Waals surface area (Å²) in [6, 6.07) is 8.14. The molecule has 4 nitrogen and oxygen atoms in total. The van der Waals surface area contributed by atoms with Gasteiger partial charge in [-0.05, 0) is 25.5 Å². The van der Waals surface area contributed by atoms with Crippen molar-refractivity contribution in [3.05, 3.63) is 48.0 Å². The van der Waals surface area contributed by atoms with Gasteiger partial charge in [0, 0.05) is 24.6 Å². The molecular formula is C15H21N3OS. The Hall–Kier alpha value is -1.46. The minimum Gasteiger partial charge on any atom is -0.382 e. The first-order valence-electron chi connectivity index (χ1n) is 6.80. The average Bonchev–Trinajstić information content (AvgIpc) is 2.97. The van der Waals surface area contributed by atoms with Crippen molar-refractivity contribution in [3.63, 3.8) is 0 Å². The fourth-order valence-electron chi connectivity index (χ4n) is 1.95. The first kappa shape index (κ1) is 14.9. The number of nitrogens with one attached hydrogen (secondary N) is 2. The van der Waals surface area contributed by atoms with Crippen molar-refractivity contribution < 1.29 is 4.74 Å². The Morgan fingerprint density at radius 1 is 1.35 bits per heavy atom. The van der Waals surface area contributed by atoms with Crippen molar-refractivity contribution in [2.24, 2.45) is 0 Å². The number of benzene rings is 1. The number of hydrogen-bond acceptors (Lipinski definition) is 4. The van der Waals surface area contributed by atoms with Gasteiger partial charge in [-0.2, -0.15) is 12.6 Å². The Morgan fingerprint density at radius 2 is 2.15 bits per heavy atom. The lowest BCUT2D eigenvalue weighted by molar-refractivity contribution is 0.0870. The number of aromatic amines is 1. The number of H-pyrrole nitrogens is 1. The number of ether oxygens (including phenoxy) is 1. The number of para-hydroxylation sites is 1. The molecule has 5 heteroatoms. The molecule has 0 spiro atoms. The SMILES string of the molecule is CC(C)OCCNc1ccccc1C(S)c1ncc[nH]1. The molecule has 1 unspecified atom stereocenters. The van der Waals surface area contributed by atoms with Crippen LogP contribution in [0.15, 0.2) is 36.7 Å². The molecule has 20 heavy (non-hydrogen) atoms. The molecule has 0 amide bonds. The van der Waals surface area contributed by atoms with Gasteiger partial charge in [-0.3, -0.25) is 0 Å². The van der Waals surface area contributed by atoms with E-state index in [0.717, 1.165) is 23.6 Å². The molecule has 108 valence electrons. The fraction of sp³-hybridized carbons (Fsp3) is 0.400. The van der Waals surface area contributed by atoms with Gasteiger partial charge in [-0.25, -0.2) is 4.98 Å². The second kappa shape index (κ2) is 7.36. The van der Waals surface area contributed by atoms with E-state index < -0.39 is 0 Å². The third kappa shape index (κ3) is 4.02. The van der Waals surface area contributed by atoms with Gasteiger partial charge in [0.1, 0.15) is 5.82 Å². The highest BCUT2D eigenvalue weighted by Gasteiger charge is 2.15. The summed E-state index contributed by atoms with van der Waals surface area (Å²) in [4.78, 5) is 7.37. The zero-order chi connectivity index (χ0) is 14.4. The van der Waals surface area contributed by atoms with Gasteiger partial charge in [-0.15, -0.1) is 0 Å². The summed E-state index contributed by atoms with van der Waals surface area (Å²) in [5.41, 5.74) is 2.17. The number of aromatic nitrogens is 2. The van der Waals surface area contributed by atoms with Crippen LogP contribution in [0.2, 0.25) is 0 Å². The van der Waals surface area contributed by atoms with Crippen molar-refractivity contribution >= 4 is 18.3 Å². The van der Waals surface area contributed by atoms with Crippen LogP contribution in [0, 0.1) is 0 Å². The molecule has 0 aliphatic rings. The van der Waals surface area contributed by atoms with Gasteiger partial charge >= 0.3 is 0 Å². The number of imidazole rings is 1. The van der Waals surface area contributed by atoms with Crippen molar-refractivity contribution in [2.45, 2.75) is 25.2 Å². The smallest absolute Gasteiger partial charge is 0.123 e. The highest BCUT2D eigenvalue weighted by Crippen LogP contribution is 2.31. The second-order valence-electron chi connectivity index (χ2n) is 4.81. The van der Waals surface area contributed by atoms with Gasteiger partial charge in [0.15, 0.2) is 0 Å². The predicted molar refractivity (Wildman–Crippen MR) is 85.4 cm³/mol. The number of rotatable bonds is 7. The monoisotopic (exact) mass is 291 g/mol. The molecule has 1 heterocycles. The first-order chi connectivity index (χ1) is 9.68. The summed E-state index contributed by atoms with van der Waals surface area (Å²) < 4.78 is 5.54. The van der Waals surface area contributed by atoms with Crippen LogP contribution >= 0.6 is 12.6 Å². The van der Waals surface area contributed by atoms with E-state index in [4.69, 9.17) is 4.74 Å². The Bertz CT molecular complexity index is 514. The van der Waals surface area contributed by atoms with Gasteiger partial charge < -0.3 is 15.0 Å². The molecule has 0 aliphatic heterocycles. The van der Waals surface area contributed by atoms with Crippen LogP contribution in [-0.4, -0.2) is 29.2 Å². The van der Waals surface area contributed by atoms with E-state index in [-0.39, 0.29) is 11.4 Å². The third-order valence-corrected chi connectivity index (χ3v) is 3.43. The lowest BCUT2D eigenvalue weighted by atomic mass is 10.1. The lowest BCUT2D eigenvalue weighted by Crippen LogP contribution is -2.14. The van der Waals surface area contributed by atoms with Crippen LogP contribution in [0.1, 0.15) is 30.5 Å². The van der Waals surface area contributed by atoms with E-state index in [1.54, 1.807) is 6.20 Å². The summed E-state index contributed by atoms with van der Waals surface area (Å²) in [7, 11) is 0. The number of thiol groups is 1.